The molecule has 92 valence electrons. The summed E-state index contributed by atoms with van der Waals surface area (Å²) < 4.78 is 0. The van der Waals surface area contributed by atoms with E-state index >= 15 is 0 Å². The molecule has 1 aromatic carbocycles. The number of aldehydes is 1. The number of aryl methyl sites for hydroxylation is 2. The van der Waals surface area contributed by atoms with Crippen molar-refractivity contribution in [1.29, 1.82) is 0 Å². The fourth-order valence-electron chi connectivity index (χ4n) is 1.56. The Labute approximate surface area is 108 Å². The van der Waals surface area contributed by atoms with E-state index in [1.54, 1.807) is 6.92 Å². The van der Waals surface area contributed by atoms with Gasteiger partial charge in [-0.05, 0) is 26.0 Å². The molecule has 1 N–H and O–H groups in total. The molecule has 1 heterocycles. The standard InChI is InChI=1S/C13H12N2O2S/c1-8-3-4-11(10(5-8)7-16)18-13-14-9(2)6-12(17)15-13/h3-7H,1-2H3,(H,14,15,17). The van der Waals surface area contributed by atoms with Crippen molar-refractivity contribution < 1.29 is 4.79 Å². The lowest BCUT2D eigenvalue weighted by atomic mass is 10.2. The van der Waals surface area contributed by atoms with Crippen LogP contribution in [0.1, 0.15) is 21.6 Å². The van der Waals surface area contributed by atoms with Crippen molar-refractivity contribution in [3.63, 3.8) is 0 Å². The summed E-state index contributed by atoms with van der Waals surface area (Å²) in [7, 11) is 0. The third kappa shape index (κ3) is 2.87. The number of nitrogens with zero attached hydrogens (tertiary/aromatic N) is 1. The molecule has 0 saturated carbocycles. The Balaban J connectivity index is 2.39. The van der Waals surface area contributed by atoms with Crippen LogP contribution < -0.4 is 5.56 Å². The number of aromatic amines is 1. The monoisotopic (exact) mass is 260 g/mol. The van der Waals surface area contributed by atoms with Crippen molar-refractivity contribution >= 4 is 18.0 Å². The van der Waals surface area contributed by atoms with E-state index in [0.717, 1.165) is 16.7 Å². The number of hydrogen-bond donors (Lipinski definition) is 1. The van der Waals surface area contributed by atoms with E-state index in [-0.39, 0.29) is 5.56 Å². The van der Waals surface area contributed by atoms with Gasteiger partial charge in [-0.25, -0.2) is 4.98 Å². The summed E-state index contributed by atoms with van der Waals surface area (Å²) in [6, 6.07) is 7.01. The van der Waals surface area contributed by atoms with Gasteiger partial charge in [0.15, 0.2) is 11.4 Å². The van der Waals surface area contributed by atoms with E-state index in [1.807, 2.05) is 25.1 Å². The Bertz CT molecular complexity index is 650. The molecule has 0 aliphatic carbocycles. The molecule has 0 spiro atoms. The van der Waals surface area contributed by atoms with Gasteiger partial charge in [-0.15, -0.1) is 0 Å². The number of H-pyrrole nitrogens is 1. The van der Waals surface area contributed by atoms with Crippen molar-refractivity contribution in [3.8, 4) is 0 Å². The van der Waals surface area contributed by atoms with Gasteiger partial charge in [-0.2, -0.15) is 0 Å². The molecular weight excluding hydrogens is 248 g/mol. The highest BCUT2D eigenvalue weighted by Crippen LogP contribution is 2.27. The number of rotatable bonds is 3. The zero-order valence-electron chi connectivity index (χ0n) is 10.1. The normalized spacial score (nSPS) is 10.3. The van der Waals surface area contributed by atoms with Crippen LogP contribution in [0.5, 0.6) is 0 Å². The second-order valence-corrected chi connectivity index (χ2v) is 4.98. The lowest BCUT2D eigenvalue weighted by molar-refractivity contribution is 0.112. The molecule has 0 amide bonds. The van der Waals surface area contributed by atoms with Gasteiger partial charge in [0.1, 0.15) is 0 Å². The van der Waals surface area contributed by atoms with E-state index in [4.69, 9.17) is 0 Å². The Morgan fingerprint density at radius 1 is 1.28 bits per heavy atom. The molecule has 0 aliphatic heterocycles. The van der Waals surface area contributed by atoms with Crippen LogP contribution in [-0.2, 0) is 0 Å². The molecule has 0 atom stereocenters. The highest BCUT2D eigenvalue weighted by atomic mass is 32.2. The molecule has 0 aliphatic rings. The highest BCUT2D eigenvalue weighted by Gasteiger charge is 2.06. The van der Waals surface area contributed by atoms with E-state index in [9.17, 15) is 9.59 Å². The maximum Gasteiger partial charge on any atom is 0.251 e. The summed E-state index contributed by atoms with van der Waals surface area (Å²) in [5.41, 5.74) is 2.09. The summed E-state index contributed by atoms with van der Waals surface area (Å²) >= 11 is 1.28. The minimum absolute atomic E-state index is 0.190. The summed E-state index contributed by atoms with van der Waals surface area (Å²) in [5, 5.41) is 0.493. The molecular formula is C13H12N2O2S. The molecule has 1 aromatic heterocycles. The van der Waals surface area contributed by atoms with Crippen molar-refractivity contribution in [3.05, 3.63) is 51.4 Å². The summed E-state index contributed by atoms with van der Waals surface area (Å²) in [6.07, 6.45) is 0.809. The highest BCUT2D eigenvalue weighted by molar-refractivity contribution is 7.99. The van der Waals surface area contributed by atoms with Crippen LogP contribution in [0.4, 0.5) is 0 Å². The summed E-state index contributed by atoms with van der Waals surface area (Å²) in [5.74, 6) is 0. The molecule has 0 radical (unpaired) electrons. The molecule has 0 fully saturated rings. The van der Waals surface area contributed by atoms with Gasteiger partial charge >= 0.3 is 0 Å². The first kappa shape index (κ1) is 12.6. The van der Waals surface area contributed by atoms with E-state index in [0.29, 0.717) is 16.4 Å². The zero-order valence-corrected chi connectivity index (χ0v) is 10.9. The average Bonchev–Trinajstić information content (AvgIpc) is 2.30. The molecule has 2 aromatic rings. The summed E-state index contributed by atoms with van der Waals surface area (Å²) in [4.78, 5) is 30.0. The molecule has 4 nitrogen and oxygen atoms in total. The van der Waals surface area contributed by atoms with Crippen molar-refractivity contribution in [1.82, 2.24) is 9.97 Å². The Morgan fingerprint density at radius 2 is 2.06 bits per heavy atom. The second-order valence-electron chi connectivity index (χ2n) is 3.95. The first-order valence-electron chi connectivity index (χ1n) is 5.40. The third-order valence-corrected chi connectivity index (χ3v) is 3.33. The van der Waals surface area contributed by atoms with Crippen LogP contribution in [0.2, 0.25) is 0 Å². The van der Waals surface area contributed by atoms with Crippen LogP contribution in [0.25, 0.3) is 0 Å². The number of aromatic nitrogens is 2. The topological polar surface area (TPSA) is 62.8 Å². The first-order chi connectivity index (χ1) is 8.58. The Morgan fingerprint density at radius 3 is 2.72 bits per heavy atom. The Kier molecular flexibility index (Phi) is 3.62. The number of carbonyl (C=O) groups is 1. The van der Waals surface area contributed by atoms with Gasteiger partial charge in [0, 0.05) is 22.2 Å². The number of hydrogen-bond acceptors (Lipinski definition) is 4. The fourth-order valence-corrected chi connectivity index (χ4v) is 2.47. The zero-order chi connectivity index (χ0) is 13.1. The van der Waals surface area contributed by atoms with Gasteiger partial charge in [-0.3, -0.25) is 9.59 Å². The van der Waals surface area contributed by atoms with Gasteiger partial charge in [0.2, 0.25) is 0 Å². The van der Waals surface area contributed by atoms with Crippen molar-refractivity contribution in [2.45, 2.75) is 23.9 Å². The number of nitrogens with one attached hydrogen (secondary N) is 1. The maximum absolute atomic E-state index is 11.3. The van der Waals surface area contributed by atoms with Crippen LogP contribution in [-0.4, -0.2) is 16.3 Å². The molecule has 18 heavy (non-hydrogen) atoms. The van der Waals surface area contributed by atoms with Crippen LogP contribution in [0.15, 0.2) is 39.1 Å². The third-order valence-electron chi connectivity index (χ3n) is 2.35. The minimum Gasteiger partial charge on any atom is -0.301 e. The Hall–Kier alpha value is -1.88. The summed E-state index contributed by atoms with van der Waals surface area (Å²) in [6.45, 7) is 3.68. The lowest BCUT2D eigenvalue weighted by Crippen LogP contribution is -2.08. The predicted octanol–water partition coefficient (Wildman–Crippen LogP) is 2.35. The number of benzene rings is 1. The maximum atomic E-state index is 11.3. The quantitative estimate of drug-likeness (QED) is 0.679. The molecule has 5 heteroatoms. The minimum atomic E-state index is -0.190. The van der Waals surface area contributed by atoms with Gasteiger partial charge < -0.3 is 4.98 Å². The molecule has 0 saturated heterocycles. The van der Waals surface area contributed by atoms with E-state index < -0.39 is 0 Å². The van der Waals surface area contributed by atoms with Crippen LogP contribution in [0, 0.1) is 13.8 Å². The van der Waals surface area contributed by atoms with E-state index in [2.05, 4.69) is 9.97 Å². The second kappa shape index (κ2) is 5.18. The molecule has 0 bridgehead atoms. The molecule has 2 rings (SSSR count). The van der Waals surface area contributed by atoms with Gasteiger partial charge in [0.25, 0.3) is 5.56 Å². The predicted molar refractivity (Wildman–Crippen MR) is 70.3 cm³/mol. The SMILES string of the molecule is Cc1ccc(Sc2nc(C)cc(=O)[nH]2)c(C=O)c1. The van der Waals surface area contributed by atoms with E-state index in [1.165, 1.54) is 17.8 Å². The van der Waals surface area contributed by atoms with Crippen LogP contribution >= 0.6 is 11.8 Å². The molecule has 0 unspecified atom stereocenters. The lowest BCUT2D eigenvalue weighted by Gasteiger charge is -2.05. The van der Waals surface area contributed by atoms with Crippen molar-refractivity contribution in [2.24, 2.45) is 0 Å². The number of carbonyl (C=O) groups excluding carboxylic acids is 1. The van der Waals surface area contributed by atoms with Gasteiger partial charge in [-0.1, -0.05) is 23.4 Å². The van der Waals surface area contributed by atoms with Crippen LogP contribution in [0.3, 0.4) is 0 Å². The van der Waals surface area contributed by atoms with Crippen molar-refractivity contribution in [2.75, 3.05) is 0 Å². The smallest absolute Gasteiger partial charge is 0.251 e. The first-order valence-corrected chi connectivity index (χ1v) is 6.22. The van der Waals surface area contributed by atoms with Gasteiger partial charge in [0.05, 0.1) is 0 Å². The fraction of sp³-hybridized carbons (Fsp3) is 0.154. The average molecular weight is 260 g/mol. The largest absolute Gasteiger partial charge is 0.301 e.